The van der Waals surface area contributed by atoms with Crippen molar-refractivity contribution in [2.75, 3.05) is 18.6 Å². The molecule has 2 heterocycles. The highest BCUT2D eigenvalue weighted by Crippen LogP contribution is 2.49. The van der Waals surface area contributed by atoms with Gasteiger partial charge in [0.2, 0.25) is 0 Å². The van der Waals surface area contributed by atoms with Gasteiger partial charge in [0, 0.05) is 12.6 Å². The number of hydrogen-bond donors (Lipinski definition) is 1. The summed E-state index contributed by atoms with van der Waals surface area (Å²) in [5.74, 6) is 0.735. The van der Waals surface area contributed by atoms with Gasteiger partial charge < -0.3 is 23.6 Å². The molecule has 1 fully saturated rings. The van der Waals surface area contributed by atoms with Crippen molar-refractivity contribution in [1.82, 2.24) is 4.90 Å². The molecule has 0 spiro atoms. The van der Waals surface area contributed by atoms with Crippen LogP contribution in [-0.4, -0.2) is 64.6 Å². The SMILES string of the molecule is COc1cc2c(cc1O[Si](C(C)C)(C(C)C)C(C)C)N(C(=O)O)C(O[Si](C)(C)C(C)(C)C)[C@@H]1CCN1C2=O. The van der Waals surface area contributed by atoms with Gasteiger partial charge in [-0.2, -0.15) is 0 Å². The van der Waals surface area contributed by atoms with E-state index in [-0.39, 0.29) is 17.0 Å². The van der Waals surface area contributed by atoms with E-state index in [0.29, 0.717) is 52.3 Å². The Morgan fingerprint density at radius 2 is 1.58 bits per heavy atom. The molecule has 2 atom stereocenters. The van der Waals surface area contributed by atoms with Gasteiger partial charge in [0.25, 0.3) is 14.2 Å². The molecule has 2 aliphatic heterocycles. The average Bonchev–Trinajstić information content (AvgIpc) is 2.79. The second kappa shape index (κ2) is 10.5. The van der Waals surface area contributed by atoms with Gasteiger partial charge in [-0.15, -0.1) is 0 Å². The lowest BCUT2D eigenvalue weighted by Crippen LogP contribution is -2.64. The fourth-order valence-electron chi connectivity index (χ4n) is 5.94. The molecule has 2 aliphatic rings. The van der Waals surface area contributed by atoms with Crippen LogP contribution in [0.15, 0.2) is 12.1 Å². The summed E-state index contributed by atoms with van der Waals surface area (Å²) in [6.07, 6.45) is -1.25. The first-order valence-corrected chi connectivity index (χ1v) is 18.9. The molecule has 2 amide bonds. The van der Waals surface area contributed by atoms with Crippen molar-refractivity contribution >= 4 is 34.3 Å². The summed E-state index contributed by atoms with van der Waals surface area (Å²) in [5, 5.41) is 10.4. The lowest BCUT2D eigenvalue weighted by atomic mass is 10.0. The van der Waals surface area contributed by atoms with Crippen molar-refractivity contribution in [1.29, 1.82) is 0 Å². The second-order valence-electron chi connectivity index (χ2n) is 13.2. The zero-order valence-corrected chi connectivity index (χ0v) is 27.3. The highest BCUT2D eigenvalue weighted by molar-refractivity contribution is 6.78. The van der Waals surface area contributed by atoms with Crippen LogP contribution in [0.5, 0.6) is 11.5 Å². The van der Waals surface area contributed by atoms with Crippen molar-refractivity contribution in [2.24, 2.45) is 0 Å². The molecule has 8 nitrogen and oxygen atoms in total. The van der Waals surface area contributed by atoms with Crippen molar-refractivity contribution in [3.05, 3.63) is 17.7 Å². The van der Waals surface area contributed by atoms with E-state index < -0.39 is 29.0 Å². The van der Waals surface area contributed by atoms with E-state index in [4.69, 9.17) is 13.6 Å². The highest BCUT2D eigenvalue weighted by atomic mass is 28.4. The molecule has 1 aromatic rings. The average molecular weight is 565 g/mol. The van der Waals surface area contributed by atoms with E-state index in [1.165, 1.54) is 4.90 Å². The molecule has 1 unspecified atom stereocenters. The lowest BCUT2D eigenvalue weighted by Gasteiger charge is -2.49. The summed E-state index contributed by atoms with van der Waals surface area (Å²) >= 11 is 0. The van der Waals surface area contributed by atoms with Gasteiger partial charge >= 0.3 is 6.09 Å². The van der Waals surface area contributed by atoms with Crippen molar-refractivity contribution in [3.63, 3.8) is 0 Å². The summed E-state index contributed by atoms with van der Waals surface area (Å²) in [6, 6.07) is 3.03. The maximum Gasteiger partial charge on any atom is 0.414 e. The molecule has 38 heavy (non-hydrogen) atoms. The van der Waals surface area contributed by atoms with Gasteiger partial charge in [0.1, 0.15) is 5.75 Å². The van der Waals surface area contributed by atoms with Gasteiger partial charge in [-0.25, -0.2) is 9.69 Å². The molecule has 0 radical (unpaired) electrons. The maximum atomic E-state index is 13.7. The number of ether oxygens (including phenoxy) is 1. The lowest BCUT2D eigenvalue weighted by molar-refractivity contribution is 0.00230. The molecule has 0 saturated carbocycles. The zero-order chi connectivity index (χ0) is 29.0. The molecule has 0 aliphatic carbocycles. The minimum atomic E-state index is -2.40. The molecule has 1 saturated heterocycles. The Morgan fingerprint density at radius 3 is 1.97 bits per heavy atom. The Morgan fingerprint density at radius 1 is 1.03 bits per heavy atom. The smallest absolute Gasteiger partial charge is 0.414 e. The quantitative estimate of drug-likeness (QED) is 0.333. The fraction of sp³-hybridized carbons (Fsp3) is 0.714. The molecule has 1 N–H and O–H groups in total. The predicted octanol–water partition coefficient (Wildman–Crippen LogP) is 7.31. The van der Waals surface area contributed by atoms with Crippen LogP contribution < -0.4 is 14.1 Å². The first-order valence-electron chi connectivity index (χ1n) is 13.8. The zero-order valence-electron chi connectivity index (χ0n) is 25.3. The normalized spacial score (nSPS) is 20.3. The first kappa shape index (κ1) is 30.5. The van der Waals surface area contributed by atoms with E-state index in [1.807, 2.05) is 0 Å². The Hall–Kier alpha value is -2.05. The summed E-state index contributed by atoms with van der Waals surface area (Å²) in [4.78, 5) is 29.7. The van der Waals surface area contributed by atoms with Crippen LogP contribution in [0.1, 0.15) is 79.1 Å². The third-order valence-corrected chi connectivity index (χ3v) is 19.5. The van der Waals surface area contributed by atoms with E-state index in [0.717, 1.165) is 0 Å². The van der Waals surface area contributed by atoms with E-state index in [9.17, 15) is 14.7 Å². The number of nitrogens with zero attached hydrogens (tertiary/aromatic N) is 2. The third-order valence-electron chi connectivity index (χ3n) is 9.10. The number of amides is 2. The van der Waals surface area contributed by atoms with Gasteiger partial charge in [-0.3, -0.25) is 4.79 Å². The molecule has 3 rings (SSSR count). The molecule has 214 valence electrons. The number of anilines is 1. The van der Waals surface area contributed by atoms with Crippen LogP contribution in [0.4, 0.5) is 10.5 Å². The number of carboxylic acid groups (broad SMARTS) is 1. The number of fused-ring (bicyclic) bond motifs is 2. The monoisotopic (exact) mass is 564 g/mol. The molecular formula is C28H48N2O6Si2. The summed E-state index contributed by atoms with van der Waals surface area (Å²) in [7, 11) is -3.23. The number of carbonyl (C=O) groups excluding carboxylic acids is 1. The van der Waals surface area contributed by atoms with Crippen molar-refractivity contribution in [2.45, 2.75) is 116 Å². The fourth-order valence-corrected chi connectivity index (χ4v) is 12.4. The van der Waals surface area contributed by atoms with Crippen LogP contribution in [-0.2, 0) is 4.43 Å². The Kier molecular flexibility index (Phi) is 8.43. The van der Waals surface area contributed by atoms with Gasteiger partial charge in [0.05, 0.1) is 24.4 Å². The van der Waals surface area contributed by atoms with Gasteiger partial charge in [-0.05, 0) is 47.2 Å². The summed E-state index contributed by atoms with van der Waals surface area (Å²) < 4.78 is 19.5. The van der Waals surface area contributed by atoms with E-state index in [2.05, 4.69) is 75.4 Å². The minimum absolute atomic E-state index is 0.129. The van der Waals surface area contributed by atoms with Crippen molar-refractivity contribution < 1.29 is 28.3 Å². The molecule has 1 aromatic carbocycles. The number of hydrogen-bond acceptors (Lipinski definition) is 5. The molecular weight excluding hydrogens is 516 g/mol. The van der Waals surface area contributed by atoms with E-state index >= 15 is 0 Å². The minimum Gasteiger partial charge on any atom is -0.540 e. The predicted molar refractivity (Wildman–Crippen MR) is 157 cm³/mol. The Balaban J connectivity index is 2.25. The van der Waals surface area contributed by atoms with E-state index in [1.54, 1.807) is 24.1 Å². The Labute approximate surface area is 230 Å². The number of rotatable bonds is 8. The highest BCUT2D eigenvalue weighted by Gasteiger charge is 2.52. The number of benzene rings is 1. The van der Waals surface area contributed by atoms with Crippen LogP contribution in [0.3, 0.4) is 0 Å². The first-order chi connectivity index (χ1) is 17.4. The number of carbonyl (C=O) groups is 2. The van der Waals surface area contributed by atoms with Gasteiger partial charge in [-0.1, -0.05) is 62.3 Å². The summed E-state index contributed by atoms with van der Waals surface area (Å²) in [6.45, 7) is 24.4. The second-order valence-corrected chi connectivity index (χ2v) is 23.3. The van der Waals surface area contributed by atoms with Crippen LogP contribution in [0.2, 0.25) is 34.8 Å². The maximum absolute atomic E-state index is 13.7. The van der Waals surface area contributed by atoms with Crippen molar-refractivity contribution in [3.8, 4) is 11.5 Å². The summed E-state index contributed by atoms with van der Waals surface area (Å²) in [5.41, 5.74) is 1.52. The third kappa shape index (κ3) is 4.99. The molecule has 0 bridgehead atoms. The Bertz CT molecular complexity index is 1040. The number of methoxy groups -OCH3 is 1. The van der Waals surface area contributed by atoms with Gasteiger partial charge in [0.15, 0.2) is 20.3 Å². The molecule has 0 aromatic heterocycles. The van der Waals surface area contributed by atoms with Crippen LogP contribution >= 0.6 is 0 Å². The van der Waals surface area contributed by atoms with Crippen LogP contribution in [0.25, 0.3) is 0 Å². The topological polar surface area (TPSA) is 88.5 Å². The largest absolute Gasteiger partial charge is 0.540 e. The van der Waals surface area contributed by atoms with Crippen LogP contribution in [0, 0.1) is 0 Å². The molecule has 10 heteroatoms. The standard InChI is InChI=1S/C28H48N2O6Si2/c1-17(2)38(18(3)4,19(5)6)35-24-16-22-20(15-23(24)34-10)25(31)29-14-13-21(29)26(30(22)27(32)33)36-37(11,12)28(7,8)9/h15-19,21,26H,13-14H2,1-12H3,(H,32,33)/t21-,26?/m0/s1.